The van der Waals surface area contributed by atoms with Crippen LogP contribution in [0.15, 0.2) is 78.9 Å². The van der Waals surface area contributed by atoms with E-state index in [4.69, 9.17) is 10.5 Å². The molecule has 1 amide bonds. The Morgan fingerprint density at radius 3 is 2.50 bits per heavy atom. The van der Waals surface area contributed by atoms with Gasteiger partial charge in [0.25, 0.3) is 0 Å². The van der Waals surface area contributed by atoms with Crippen molar-refractivity contribution in [1.82, 2.24) is 4.90 Å². The molecule has 34 heavy (non-hydrogen) atoms. The number of hydrogen-bond acceptors (Lipinski definition) is 4. The average Bonchev–Trinajstić information content (AvgIpc) is 2.86. The van der Waals surface area contributed by atoms with E-state index in [1.165, 1.54) is 11.6 Å². The van der Waals surface area contributed by atoms with Gasteiger partial charge < -0.3 is 20.3 Å². The fourth-order valence-electron chi connectivity index (χ4n) is 4.71. The second kappa shape index (κ2) is 11.2. The summed E-state index contributed by atoms with van der Waals surface area (Å²) in [6.07, 6.45) is 1.28. The molecule has 2 atom stereocenters. The summed E-state index contributed by atoms with van der Waals surface area (Å²) in [6, 6.07) is 24.4. The van der Waals surface area contributed by atoms with Crippen molar-refractivity contribution in [3.05, 3.63) is 95.8 Å². The highest BCUT2D eigenvalue weighted by Gasteiger charge is 2.32. The zero-order chi connectivity index (χ0) is 23.9. The number of carbonyl (C=O) groups excluding carboxylic acids is 1. The molecule has 3 aromatic rings. The summed E-state index contributed by atoms with van der Waals surface area (Å²) in [5.41, 5.74) is 9.06. The summed E-state index contributed by atoms with van der Waals surface area (Å²) in [5.74, 6) is 0.565. The molecular formula is C28H32FN3O2. The highest BCUT2D eigenvalue weighted by Crippen LogP contribution is 2.30. The zero-order valence-corrected chi connectivity index (χ0v) is 19.6. The molecule has 0 radical (unpaired) electrons. The van der Waals surface area contributed by atoms with Gasteiger partial charge in [-0.3, -0.25) is 4.79 Å². The Labute approximate surface area is 200 Å². The number of hydrogen-bond donors (Lipinski definition) is 1. The van der Waals surface area contributed by atoms with Crippen LogP contribution in [0.5, 0.6) is 5.75 Å². The van der Waals surface area contributed by atoms with Crippen LogP contribution in [0.3, 0.4) is 0 Å². The molecule has 1 aliphatic rings. The Morgan fingerprint density at radius 1 is 1.03 bits per heavy atom. The molecule has 1 unspecified atom stereocenters. The average molecular weight is 462 g/mol. The molecule has 0 aliphatic carbocycles. The lowest BCUT2D eigenvalue weighted by atomic mass is 9.99. The first-order valence-corrected chi connectivity index (χ1v) is 11.8. The molecule has 0 aromatic heterocycles. The predicted molar refractivity (Wildman–Crippen MR) is 134 cm³/mol. The van der Waals surface area contributed by atoms with Gasteiger partial charge >= 0.3 is 0 Å². The third-order valence-electron chi connectivity index (χ3n) is 6.42. The van der Waals surface area contributed by atoms with Crippen LogP contribution < -0.4 is 15.4 Å². The minimum atomic E-state index is -0.436. The van der Waals surface area contributed by atoms with Crippen LogP contribution in [0.4, 0.5) is 10.1 Å². The van der Waals surface area contributed by atoms with E-state index in [1.807, 2.05) is 41.3 Å². The number of carbonyl (C=O) groups is 1. The molecule has 1 aliphatic heterocycles. The van der Waals surface area contributed by atoms with Crippen molar-refractivity contribution in [2.24, 2.45) is 5.73 Å². The fourth-order valence-corrected chi connectivity index (χ4v) is 4.71. The first kappa shape index (κ1) is 23.8. The number of para-hydroxylation sites is 2. The Balaban J connectivity index is 1.49. The van der Waals surface area contributed by atoms with Gasteiger partial charge in [0.05, 0.1) is 18.8 Å². The highest BCUT2D eigenvalue weighted by atomic mass is 19.1. The van der Waals surface area contributed by atoms with Crippen molar-refractivity contribution in [2.75, 3.05) is 31.6 Å². The van der Waals surface area contributed by atoms with Gasteiger partial charge in [0.15, 0.2) is 0 Å². The van der Waals surface area contributed by atoms with Gasteiger partial charge in [0, 0.05) is 32.1 Å². The van der Waals surface area contributed by atoms with E-state index in [-0.39, 0.29) is 24.2 Å². The third-order valence-corrected chi connectivity index (χ3v) is 6.42. The summed E-state index contributed by atoms with van der Waals surface area (Å²) in [7, 11) is 1.68. The molecule has 0 spiro atoms. The van der Waals surface area contributed by atoms with E-state index in [0.717, 1.165) is 17.9 Å². The number of ether oxygens (including phenoxy) is 1. The second-order valence-corrected chi connectivity index (χ2v) is 8.81. The molecule has 1 saturated heterocycles. The van der Waals surface area contributed by atoms with Crippen LogP contribution in [0.2, 0.25) is 0 Å². The van der Waals surface area contributed by atoms with E-state index >= 15 is 0 Å². The molecule has 1 fully saturated rings. The maximum Gasteiger partial charge on any atom is 0.224 e. The SMILES string of the molecule is COc1ccccc1N1CCN(C(=O)C[C@H](N)Cc2ccccc2F)C(Cc2ccccc2)C1. The largest absolute Gasteiger partial charge is 0.495 e. The predicted octanol–water partition coefficient (Wildman–Crippen LogP) is 4.05. The van der Waals surface area contributed by atoms with Crippen LogP contribution >= 0.6 is 0 Å². The van der Waals surface area contributed by atoms with Crippen LogP contribution in [-0.4, -0.2) is 49.6 Å². The molecule has 1 heterocycles. The Kier molecular flexibility index (Phi) is 7.80. The van der Waals surface area contributed by atoms with Gasteiger partial charge in [-0.1, -0.05) is 60.7 Å². The van der Waals surface area contributed by atoms with E-state index < -0.39 is 6.04 Å². The van der Waals surface area contributed by atoms with Crippen LogP contribution in [-0.2, 0) is 17.6 Å². The second-order valence-electron chi connectivity index (χ2n) is 8.81. The topological polar surface area (TPSA) is 58.8 Å². The third kappa shape index (κ3) is 5.75. The number of halogens is 1. The molecule has 5 nitrogen and oxygen atoms in total. The molecular weight excluding hydrogens is 429 g/mol. The van der Waals surface area contributed by atoms with E-state index in [2.05, 4.69) is 23.1 Å². The van der Waals surface area contributed by atoms with Gasteiger partial charge in [-0.15, -0.1) is 0 Å². The van der Waals surface area contributed by atoms with Crippen molar-refractivity contribution in [1.29, 1.82) is 0 Å². The molecule has 0 saturated carbocycles. The number of methoxy groups -OCH3 is 1. The minimum Gasteiger partial charge on any atom is -0.495 e. The molecule has 4 rings (SSSR count). The lowest BCUT2D eigenvalue weighted by molar-refractivity contribution is -0.134. The first-order valence-electron chi connectivity index (χ1n) is 11.8. The number of nitrogens with two attached hydrogens (primary N) is 1. The minimum absolute atomic E-state index is 0.00535. The lowest BCUT2D eigenvalue weighted by Gasteiger charge is -2.43. The zero-order valence-electron chi connectivity index (χ0n) is 19.6. The van der Waals surface area contributed by atoms with Crippen LogP contribution in [0.25, 0.3) is 0 Å². The maximum atomic E-state index is 14.0. The van der Waals surface area contributed by atoms with E-state index in [0.29, 0.717) is 31.6 Å². The molecule has 0 bridgehead atoms. The smallest absolute Gasteiger partial charge is 0.224 e. The van der Waals surface area contributed by atoms with Gasteiger partial charge in [-0.25, -0.2) is 4.39 Å². The van der Waals surface area contributed by atoms with Crippen molar-refractivity contribution < 1.29 is 13.9 Å². The fraction of sp³-hybridized carbons (Fsp3) is 0.321. The number of nitrogens with zero attached hydrogens (tertiary/aromatic N) is 2. The van der Waals surface area contributed by atoms with Crippen molar-refractivity contribution in [3.63, 3.8) is 0 Å². The van der Waals surface area contributed by atoms with Crippen molar-refractivity contribution >= 4 is 11.6 Å². The first-order chi connectivity index (χ1) is 16.5. The van der Waals surface area contributed by atoms with Crippen molar-refractivity contribution in [3.8, 4) is 5.75 Å². The van der Waals surface area contributed by atoms with Gasteiger partial charge in [-0.05, 0) is 42.2 Å². The van der Waals surface area contributed by atoms with Gasteiger partial charge in [0.2, 0.25) is 5.91 Å². The normalized spacial score (nSPS) is 16.9. The summed E-state index contributed by atoms with van der Waals surface area (Å²) < 4.78 is 19.6. The summed E-state index contributed by atoms with van der Waals surface area (Å²) in [4.78, 5) is 17.6. The number of anilines is 1. The quantitative estimate of drug-likeness (QED) is 0.550. The number of benzene rings is 3. The van der Waals surface area contributed by atoms with Crippen LogP contribution in [0, 0.1) is 5.82 Å². The standard InChI is InChI=1S/C28H32FN3O2/c1-34-27-14-8-7-13-26(27)31-15-16-32(24(20-31)17-21-9-3-2-4-10-21)28(33)19-23(30)18-22-11-5-6-12-25(22)29/h2-14,23-24H,15-20,30H2,1H3/t23-,24?/m1/s1. The Bertz CT molecular complexity index is 1090. The van der Waals surface area contributed by atoms with Gasteiger partial charge in [-0.2, -0.15) is 0 Å². The van der Waals surface area contributed by atoms with Crippen LogP contribution in [0.1, 0.15) is 17.5 Å². The molecule has 2 N–H and O–H groups in total. The van der Waals surface area contributed by atoms with E-state index in [9.17, 15) is 9.18 Å². The highest BCUT2D eigenvalue weighted by molar-refractivity contribution is 5.78. The van der Waals surface area contributed by atoms with Crippen molar-refractivity contribution in [2.45, 2.75) is 31.3 Å². The number of amides is 1. The van der Waals surface area contributed by atoms with Gasteiger partial charge in [0.1, 0.15) is 11.6 Å². The van der Waals surface area contributed by atoms with E-state index in [1.54, 1.807) is 25.3 Å². The molecule has 6 heteroatoms. The number of piperazine rings is 1. The monoisotopic (exact) mass is 461 g/mol. The Hall–Kier alpha value is -3.38. The Morgan fingerprint density at radius 2 is 1.74 bits per heavy atom. The number of rotatable bonds is 8. The summed E-state index contributed by atoms with van der Waals surface area (Å²) in [6.45, 7) is 2.00. The summed E-state index contributed by atoms with van der Waals surface area (Å²) in [5, 5.41) is 0. The molecule has 178 valence electrons. The summed E-state index contributed by atoms with van der Waals surface area (Å²) >= 11 is 0. The lowest BCUT2D eigenvalue weighted by Crippen LogP contribution is -2.57. The maximum absolute atomic E-state index is 14.0. The molecule has 3 aromatic carbocycles.